The monoisotopic (exact) mass is 223 g/mol. The number of hydrogen-bond donors (Lipinski definition) is 3. The lowest BCUT2D eigenvalue weighted by molar-refractivity contribution is 0.316. The Bertz CT molecular complexity index is 353. The lowest BCUT2D eigenvalue weighted by atomic mass is 10.2. The summed E-state index contributed by atoms with van der Waals surface area (Å²) in [6, 6.07) is 7.80. The summed E-state index contributed by atoms with van der Waals surface area (Å²) in [5, 5.41) is 14.4. The SMILES string of the molecule is COc1ccccc1CNCCC(N)=NO. The molecule has 0 heterocycles. The Kier molecular flexibility index (Phi) is 5.15. The Balaban J connectivity index is 2.37. The van der Waals surface area contributed by atoms with Crippen molar-refractivity contribution in [3.8, 4) is 5.75 Å². The molecule has 0 unspecified atom stereocenters. The molecule has 0 atom stereocenters. The zero-order chi connectivity index (χ0) is 11.8. The molecule has 0 saturated heterocycles. The zero-order valence-electron chi connectivity index (χ0n) is 9.31. The van der Waals surface area contributed by atoms with Gasteiger partial charge in [0.25, 0.3) is 0 Å². The van der Waals surface area contributed by atoms with Crippen LogP contribution in [-0.4, -0.2) is 24.7 Å². The summed E-state index contributed by atoms with van der Waals surface area (Å²) in [5.74, 6) is 1.09. The third-order valence-corrected chi connectivity index (χ3v) is 2.19. The van der Waals surface area contributed by atoms with Gasteiger partial charge in [-0.25, -0.2) is 0 Å². The van der Waals surface area contributed by atoms with E-state index >= 15 is 0 Å². The molecule has 0 radical (unpaired) electrons. The predicted octanol–water partition coefficient (Wildman–Crippen LogP) is 0.921. The molecular weight excluding hydrogens is 206 g/mol. The molecule has 0 bridgehead atoms. The number of benzene rings is 1. The summed E-state index contributed by atoms with van der Waals surface area (Å²) >= 11 is 0. The Hall–Kier alpha value is -1.75. The maximum absolute atomic E-state index is 8.35. The normalized spacial score (nSPS) is 11.4. The second-order valence-electron chi connectivity index (χ2n) is 3.33. The quantitative estimate of drug-likeness (QED) is 0.220. The first kappa shape index (κ1) is 12.3. The van der Waals surface area contributed by atoms with E-state index in [0.29, 0.717) is 19.5 Å². The van der Waals surface area contributed by atoms with Gasteiger partial charge >= 0.3 is 0 Å². The maximum Gasteiger partial charge on any atom is 0.140 e. The molecular formula is C11H17N3O2. The largest absolute Gasteiger partial charge is 0.496 e. The van der Waals surface area contributed by atoms with E-state index in [2.05, 4.69) is 10.5 Å². The van der Waals surface area contributed by atoms with Gasteiger partial charge in [0, 0.05) is 25.1 Å². The van der Waals surface area contributed by atoms with Crippen molar-refractivity contribution < 1.29 is 9.94 Å². The van der Waals surface area contributed by atoms with Crippen LogP contribution < -0.4 is 15.8 Å². The van der Waals surface area contributed by atoms with Crippen LogP contribution in [0.5, 0.6) is 5.75 Å². The van der Waals surface area contributed by atoms with Crippen molar-refractivity contribution in [1.82, 2.24) is 5.32 Å². The van der Waals surface area contributed by atoms with Crippen molar-refractivity contribution in [2.45, 2.75) is 13.0 Å². The summed E-state index contributed by atoms with van der Waals surface area (Å²) in [7, 11) is 1.65. The first-order chi connectivity index (χ1) is 7.77. The van der Waals surface area contributed by atoms with Crippen LogP contribution in [-0.2, 0) is 6.54 Å². The van der Waals surface area contributed by atoms with E-state index in [1.54, 1.807) is 7.11 Å². The van der Waals surface area contributed by atoms with Gasteiger partial charge in [-0.05, 0) is 6.07 Å². The van der Waals surface area contributed by atoms with Gasteiger partial charge in [0.05, 0.1) is 7.11 Å². The number of para-hydroxylation sites is 1. The third kappa shape index (κ3) is 3.78. The Morgan fingerprint density at radius 1 is 1.50 bits per heavy atom. The molecule has 0 aromatic heterocycles. The van der Waals surface area contributed by atoms with Gasteiger partial charge < -0.3 is 21.0 Å². The molecule has 0 spiro atoms. The van der Waals surface area contributed by atoms with Gasteiger partial charge in [-0.2, -0.15) is 0 Å². The third-order valence-electron chi connectivity index (χ3n) is 2.19. The number of amidine groups is 1. The molecule has 1 aromatic carbocycles. The highest BCUT2D eigenvalue weighted by Gasteiger charge is 2.00. The molecule has 16 heavy (non-hydrogen) atoms. The van der Waals surface area contributed by atoms with E-state index in [1.807, 2.05) is 24.3 Å². The second kappa shape index (κ2) is 6.68. The van der Waals surface area contributed by atoms with Crippen LogP contribution in [0.4, 0.5) is 0 Å². The molecule has 1 aromatic rings. The second-order valence-corrected chi connectivity index (χ2v) is 3.33. The Labute approximate surface area is 94.9 Å². The number of nitrogens with two attached hydrogens (primary N) is 1. The van der Waals surface area contributed by atoms with Crippen LogP contribution in [0.1, 0.15) is 12.0 Å². The minimum Gasteiger partial charge on any atom is -0.496 e. The first-order valence-corrected chi connectivity index (χ1v) is 5.07. The number of methoxy groups -OCH3 is 1. The van der Waals surface area contributed by atoms with Crippen molar-refractivity contribution >= 4 is 5.84 Å². The van der Waals surface area contributed by atoms with Crippen molar-refractivity contribution in [3.63, 3.8) is 0 Å². The van der Waals surface area contributed by atoms with Crippen molar-refractivity contribution in [3.05, 3.63) is 29.8 Å². The van der Waals surface area contributed by atoms with Crippen LogP contribution >= 0.6 is 0 Å². The summed E-state index contributed by atoms with van der Waals surface area (Å²) in [6.45, 7) is 1.36. The Morgan fingerprint density at radius 2 is 2.25 bits per heavy atom. The average molecular weight is 223 g/mol. The van der Waals surface area contributed by atoms with E-state index in [4.69, 9.17) is 15.7 Å². The zero-order valence-corrected chi connectivity index (χ0v) is 9.31. The van der Waals surface area contributed by atoms with Gasteiger partial charge in [0.15, 0.2) is 0 Å². The minimum absolute atomic E-state index is 0.229. The number of ether oxygens (including phenoxy) is 1. The van der Waals surface area contributed by atoms with E-state index in [0.717, 1.165) is 11.3 Å². The number of oxime groups is 1. The lowest BCUT2D eigenvalue weighted by Gasteiger charge is -2.08. The fourth-order valence-electron chi connectivity index (χ4n) is 1.34. The minimum atomic E-state index is 0.229. The maximum atomic E-state index is 8.35. The van der Waals surface area contributed by atoms with Gasteiger partial charge in [-0.3, -0.25) is 0 Å². The Morgan fingerprint density at radius 3 is 2.94 bits per heavy atom. The smallest absolute Gasteiger partial charge is 0.140 e. The molecule has 0 saturated carbocycles. The molecule has 0 amide bonds. The van der Waals surface area contributed by atoms with Crippen molar-refractivity contribution in [1.29, 1.82) is 0 Å². The van der Waals surface area contributed by atoms with Crippen LogP contribution in [0.3, 0.4) is 0 Å². The molecule has 1 rings (SSSR count). The van der Waals surface area contributed by atoms with Crippen LogP contribution in [0.25, 0.3) is 0 Å². The number of hydrogen-bond acceptors (Lipinski definition) is 4. The summed E-state index contributed by atoms with van der Waals surface area (Å²) < 4.78 is 5.22. The topological polar surface area (TPSA) is 79.9 Å². The first-order valence-electron chi connectivity index (χ1n) is 5.07. The molecule has 0 aliphatic carbocycles. The van der Waals surface area contributed by atoms with Gasteiger partial charge in [0.2, 0.25) is 0 Å². The van der Waals surface area contributed by atoms with Crippen LogP contribution in [0.2, 0.25) is 0 Å². The average Bonchev–Trinajstić information content (AvgIpc) is 2.34. The number of rotatable bonds is 6. The van der Waals surface area contributed by atoms with E-state index in [-0.39, 0.29) is 5.84 Å². The highest BCUT2D eigenvalue weighted by atomic mass is 16.5. The lowest BCUT2D eigenvalue weighted by Crippen LogP contribution is -2.22. The number of nitrogens with one attached hydrogen (secondary N) is 1. The summed E-state index contributed by atoms with van der Waals surface area (Å²) in [4.78, 5) is 0. The highest BCUT2D eigenvalue weighted by molar-refractivity contribution is 5.79. The van der Waals surface area contributed by atoms with E-state index in [9.17, 15) is 0 Å². The molecule has 88 valence electrons. The van der Waals surface area contributed by atoms with Crippen LogP contribution in [0.15, 0.2) is 29.4 Å². The standard InChI is InChI=1S/C11H17N3O2/c1-16-10-5-3-2-4-9(10)8-13-7-6-11(12)14-15/h2-5,13,15H,6-8H2,1H3,(H2,12,14). The summed E-state index contributed by atoms with van der Waals surface area (Å²) in [6.07, 6.45) is 0.519. The van der Waals surface area contributed by atoms with Crippen LogP contribution in [0, 0.1) is 0 Å². The van der Waals surface area contributed by atoms with Crippen molar-refractivity contribution in [2.75, 3.05) is 13.7 Å². The molecule has 4 N–H and O–H groups in total. The van der Waals surface area contributed by atoms with Crippen molar-refractivity contribution in [2.24, 2.45) is 10.9 Å². The fraction of sp³-hybridized carbons (Fsp3) is 0.364. The van der Waals surface area contributed by atoms with Gasteiger partial charge in [-0.1, -0.05) is 23.4 Å². The molecule has 0 aliphatic heterocycles. The highest BCUT2D eigenvalue weighted by Crippen LogP contribution is 2.16. The molecule has 5 nitrogen and oxygen atoms in total. The molecule has 0 aliphatic rings. The van der Waals surface area contributed by atoms with Gasteiger partial charge in [-0.15, -0.1) is 0 Å². The fourth-order valence-corrected chi connectivity index (χ4v) is 1.34. The molecule has 5 heteroatoms. The predicted molar refractivity (Wildman–Crippen MR) is 62.7 cm³/mol. The van der Waals surface area contributed by atoms with E-state index in [1.165, 1.54) is 0 Å². The summed E-state index contributed by atoms with van der Waals surface area (Å²) in [5.41, 5.74) is 6.43. The van der Waals surface area contributed by atoms with Gasteiger partial charge in [0.1, 0.15) is 11.6 Å². The van der Waals surface area contributed by atoms with E-state index < -0.39 is 0 Å². The number of nitrogens with zero attached hydrogens (tertiary/aromatic N) is 1. The molecule has 0 fully saturated rings.